The van der Waals surface area contributed by atoms with Crippen LogP contribution in [0.15, 0.2) is 15.9 Å². The topological polar surface area (TPSA) is 71.4 Å². The summed E-state index contributed by atoms with van der Waals surface area (Å²) >= 11 is 4.70. The molecule has 4 nitrogen and oxygen atoms in total. The first-order chi connectivity index (χ1) is 8.32. The molecule has 1 fully saturated rings. The van der Waals surface area contributed by atoms with Gasteiger partial charge in [0.25, 0.3) is 0 Å². The van der Waals surface area contributed by atoms with Crippen molar-refractivity contribution >= 4 is 43.1 Å². The smallest absolute Gasteiger partial charge is 0.303 e. The van der Waals surface area contributed by atoms with Crippen LogP contribution in [0.5, 0.6) is 0 Å². The third-order valence-electron chi connectivity index (χ3n) is 3.05. The monoisotopic (exact) mass is 352 g/mol. The predicted octanol–water partition coefficient (Wildman–Crippen LogP) is 2.68. The first-order valence-corrected chi connectivity index (χ1v) is 8.95. The summed E-state index contributed by atoms with van der Waals surface area (Å²) < 4.78 is 25.0. The standard InChI is InChI=1S/C11H13BrO4S2/c12-8-1-4-17-9(8)6-18(15,16)7-11(2-3-11)5-10(13)14/h1,4H,2-3,5-7H2,(H,13,14). The Morgan fingerprint density at radius 1 is 1.50 bits per heavy atom. The molecule has 1 N–H and O–H groups in total. The number of thiophene rings is 1. The van der Waals surface area contributed by atoms with Gasteiger partial charge in [-0.1, -0.05) is 0 Å². The molecular weight excluding hydrogens is 340 g/mol. The lowest BCUT2D eigenvalue weighted by Crippen LogP contribution is -2.21. The minimum atomic E-state index is -3.25. The molecule has 0 saturated heterocycles. The first kappa shape index (κ1) is 14.0. The molecule has 1 aliphatic rings. The maximum atomic E-state index is 12.1. The van der Waals surface area contributed by atoms with Crippen LogP contribution in [0.25, 0.3) is 0 Å². The van der Waals surface area contributed by atoms with E-state index in [1.165, 1.54) is 11.3 Å². The van der Waals surface area contributed by atoms with Crippen LogP contribution in [0.2, 0.25) is 0 Å². The van der Waals surface area contributed by atoms with Crippen LogP contribution >= 0.6 is 27.3 Å². The summed E-state index contributed by atoms with van der Waals surface area (Å²) in [5, 5.41) is 10.6. The molecule has 0 atom stereocenters. The van der Waals surface area contributed by atoms with Crippen LogP contribution in [0, 0.1) is 5.41 Å². The van der Waals surface area contributed by atoms with E-state index in [1.807, 2.05) is 11.4 Å². The zero-order chi connectivity index (χ0) is 13.4. The number of carboxylic acid groups (broad SMARTS) is 1. The molecule has 1 aromatic rings. The Hall–Kier alpha value is -0.400. The highest BCUT2D eigenvalue weighted by Gasteiger charge is 2.47. The Morgan fingerprint density at radius 3 is 2.61 bits per heavy atom. The van der Waals surface area contributed by atoms with Gasteiger partial charge in [-0.15, -0.1) is 11.3 Å². The highest BCUT2D eigenvalue weighted by atomic mass is 79.9. The molecule has 1 saturated carbocycles. The van der Waals surface area contributed by atoms with Gasteiger partial charge in [-0.2, -0.15) is 0 Å². The van der Waals surface area contributed by atoms with Gasteiger partial charge in [0.1, 0.15) is 0 Å². The van der Waals surface area contributed by atoms with Crippen LogP contribution in [0.3, 0.4) is 0 Å². The fourth-order valence-electron chi connectivity index (χ4n) is 2.02. The fraction of sp³-hybridized carbons (Fsp3) is 0.545. The van der Waals surface area contributed by atoms with Crippen LogP contribution in [0.1, 0.15) is 24.1 Å². The molecule has 0 bridgehead atoms. The predicted molar refractivity (Wildman–Crippen MR) is 73.4 cm³/mol. The van der Waals surface area contributed by atoms with Crippen molar-refractivity contribution in [1.82, 2.24) is 0 Å². The van der Waals surface area contributed by atoms with Gasteiger partial charge in [0.05, 0.1) is 17.9 Å². The lowest BCUT2D eigenvalue weighted by atomic mass is 10.1. The fourth-order valence-corrected chi connectivity index (χ4v) is 6.27. The maximum Gasteiger partial charge on any atom is 0.303 e. The molecule has 18 heavy (non-hydrogen) atoms. The van der Waals surface area contributed by atoms with E-state index in [2.05, 4.69) is 15.9 Å². The van der Waals surface area contributed by atoms with Gasteiger partial charge in [-0.25, -0.2) is 8.42 Å². The second kappa shape index (κ2) is 4.94. The quantitative estimate of drug-likeness (QED) is 0.854. The number of carbonyl (C=O) groups is 1. The normalized spacial score (nSPS) is 17.6. The summed E-state index contributed by atoms with van der Waals surface area (Å²) in [7, 11) is -3.25. The third-order valence-corrected chi connectivity index (χ3v) is 6.94. The summed E-state index contributed by atoms with van der Waals surface area (Å²) in [5.74, 6) is -0.941. The van der Waals surface area contributed by atoms with E-state index >= 15 is 0 Å². The lowest BCUT2D eigenvalue weighted by molar-refractivity contribution is -0.138. The Kier molecular flexibility index (Phi) is 3.85. The first-order valence-electron chi connectivity index (χ1n) is 5.46. The highest BCUT2D eigenvalue weighted by molar-refractivity contribution is 9.10. The largest absolute Gasteiger partial charge is 0.481 e. The van der Waals surface area contributed by atoms with Gasteiger partial charge in [-0.05, 0) is 45.6 Å². The van der Waals surface area contributed by atoms with E-state index in [0.717, 1.165) is 9.35 Å². The molecular formula is C11H13BrO4S2. The van der Waals surface area contributed by atoms with Crippen molar-refractivity contribution in [2.75, 3.05) is 5.75 Å². The molecule has 0 unspecified atom stereocenters. The van der Waals surface area contributed by atoms with Crippen molar-refractivity contribution < 1.29 is 18.3 Å². The van der Waals surface area contributed by atoms with Crippen molar-refractivity contribution in [1.29, 1.82) is 0 Å². The lowest BCUT2D eigenvalue weighted by Gasteiger charge is -2.12. The molecule has 1 aliphatic carbocycles. The zero-order valence-electron chi connectivity index (χ0n) is 9.56. The number of hydrogen-bond donors (Lipinski definition) is 1. The maximum absolute atomic E-state index is 12.1. The number of rotatable bonds is 6. The van der Waals surface area contributed by atoms with Crippen LogP contribution in [-0.2, 0) is 20.4 Å². The van der Waals surface area contributed by atoms with Gasteiger partial charge in [-0.3, -0.25) is 4.79 Å². The van der Waals surface area contributed by atoms with Crippen LogP contribution in [0.4, 0.5) is 0 Å². The van der Waals surface area contributed by atoms with Gasteiger partial charge < -0.3 is 5.11 Å². The average Bonchev–Trinajstić information content (AvgIpc) is 2.81. The molecule has 1 heterocycles. The van der Waals surface area contributed by atoms with Gasteiger partial charge in [0, 0.05) is 9.35 Å². The molecule has 0 aromatic carbocycles. The molecule has 0 aliphatic heterocycles. The molecule has 0 radical (unpaired) electrons. The minimum absolute atomic E-state index is 0.00732. The van der Waals surface area contributed by atoms with E-state index in [1.54, 1.807) is 0 Å². The molecule has 7 heteroatoms. The van der Waals surface area contributed by atoms with E-state index in [9.17, 15) is 13.2 Å². The second-order valence-electron chi connectivity index (χ2n) is 4.79. The number of aliphatic carboxylic acids is 1. The second-order valence-corrected chi connectivity index (χ2v) is 8.71. The summed E-state index contributed by atoms with van der Waals surface area (Å²) in [6, 6.07) is 1.82. The molecule has 0 spiro atoms. The number of halogens is 1. The molecule has 2 rings (SSSR count). The molecule has 1 aromatic heterocycles. The van der Waals surface area contributed by atoms with Gasteiger partial charge >= 0.3 is 5.97 Å². The molecule has 100 valence electrons. The van der Waals surface area contributed by atoms with Crippen molar-refractivity contribution in [2.45, 2.75) is 25.0 Å². The Labute approximate surface area is 118 Å². The van der Waals surface area contributed by atoms with E-state index in [0.29, 0.717) is 12.8 Å². The van der Waals surface area contributed by atoms with Crippen LogP contribution in [-0.4, -0.2) is 25.2 Å². The van der Waals surface area contributed by atoms with Gasteiger partial charge in [0.15, 0.2) is 9.84 Å². The van der Waals surface area contributed by atoms with E-state index < -0.39 is 21.2 Å². The average molecular weight is 353 g/mol. The minimum Gasteiger partial charge on any atom is -0.481 e. The number of hydrogen-bond acceptors (Lipinski definition) is 4. The van der Waals surface area contributed by atoms with Crippen molar-refractivity contribution in [2.24, 2.45) is 5.41 Å². The zero-order valence-corrected chi connectivity index (χ0v) is 12.8. The molecule has 0 amide bonds. The number of sulfone groups is 1. The van der Waals surface area contributed by atoms with E-state index in [-0.39, 0.29) is 17.9 Å². The Bertz CT molecular complexity index is 557. The number of carboxylic acids is 1. The van der Waals surface area contributed by atoms with Crippen LogP contribution < -0.4 is 0 Å². The Morgan fingerprint density at radius 2 is 2.17 bits per heavy atom. The van der Waals surface area contributed by atoms with Gasteiger partial charge in [0.2, 0.25) is 0 Å². The van der Waals surface area contributed by atoms with Crippen molar-refractivity contribution in [3.05, 3.63) is 20.8 Å². The summed E-state index contributed by atoms with van der Waals surface area (Å²) in [6.45, 7) is 0. The highest BCUT2D eigenvalue weighted by Crippen LogP contribution is 2.50. The third kappa shape index (κ3) is 3.55. The summed E-state index contributed by atoms with van der Waals surface area (Å²) in [5.41, 5.74) is -0.506. The Balaban J connectivity index is 2.04. The summed E-state index contributed by atoms with van der Waals surface area (Å²) in [6.07, 6.45) is 1.35. The SMILES string of the molecule is O=C(O)CC1(CS(=O)(=O)Cc2sccc2Br)CC1. The van der Waals surface area contributed by atoms with Crippen molar-refractivity contribution in [3.63, 3.8) is 0 Å². The van der Waals surface area contributed by atoms with Crippen molar-refractivity contribution in [3.8, 4) is 0 Å². The summed E-state index contributed by atoms with van der Waals surface area (Å²) in [4.78, 5) is 11.5. The van der Waals surface area contributed by atoms with E-state index in [4.69, 9.17) is 5.11 Å².